The van der Waals surface area contributed by atoms with Gasteiger partial charge in [-0.25, -0.2) is 0 Å². The van der Waals surface area contributed by atoms with Gasteiger partial charge in [-0.1, -0.05) is 17.2 Å². The Labute approximate surface area is 153 Å². The summed E-state index contributed by atoms with van der Waals surface area (Å²) in [6.07, 6.45) is 7.82. The van der Waals surface area contributed by atoms with Crippen LogP contribution in [-0.2, 0) is 9.59 Å². The summed E-state index contributed by atoms with van der Waals surface area (Å²) < 4.78 is 6.01. The van der Waals surface area contributed by atoms with Crippen LogP contribution in [0.5, 0.6) is 11.5 Å². The van der Waals surface area contributed by atoms with Crippen molar-refractivity contribution in [2.75, 3.05) is 0 Å². The van der Waals surface area contributed by atoms with Crippen molar-refractivity contribution in [2.45, 2.75) is 39.7 Å². The molecule has 0 saturated heterocycles. The lowest BCUT2D eigenvalue weighted by Crippen LogP contribution is -2.31. The summed E-state index contributed by atoms with van der Waals surface area (Å²) in [5.74, 6) is 0.0551. The lowest BCUT2D eigenvalue weighted by Gasteiger charge is -2.29. The standard InChI is InChI=1S/C22H22O4/c1-13(2)5-4-6-14(3)11-20-22-18(25)9-8-17(24)21(22)16-12-15(23)7-10-19(16)26-20/h5,7-12,20,23H,4,6H2,1-3H3/b14-11+. The number of hydrogen-bond acceptors (Lipinski definition) is 4. The van der Waals surface area contributed by atoms with Gasteiger partial charge >= 0.3 is 0 Å². The van der Waals surface area contributed by atoms with Gasteiger partial charge in [0.25, 0.3) is 0 Å². The van der Waals surface area contributed by atoms with Crippen molar-refractivity contribution in [2.24, 2.45) is 0 Å². The number of benzene rings is 1. The molecule has 1 N–H and O–H groups in total. The first-order valence-electron chi connectivity index (χ1n) is 8.68. The zero-order valence-corrected chi connectivity index (χ0v) is 15.2. The molecule has 0 radical (unpaired) electrons. The summed E-state index contributed by atoms with van der Waals surface area (Å²) in [6, 6.07) is 4.61. The number of aromatic hydroxyl groups is 1. The molecule has 1 aliphatic heterocycles. The van der Waals surface area contributed by atoms with Gasteiger partial charge in [0.05, 0.1) is 5.57 Å². The number of rotatable bonds is 4. The van der Waals surface area contributed by atoms with E-state index in [2.05, 4.69) is 19.9 Å². The lowest BCUT2D eigenvalue weighted by molar-refractivity contribution is -0.114. The van der Waals surface area contributed by atoms with Gasteiger partial charge in [0.15, 0.2) is 11.6 Å². The van der Waals surface area contributed by atoms with Gasteiger partial charge in [-0.15, -0.1) is 0 Å². The van der Waals surface area contributed by atoms with Gasteiger partial charge in [-0.2, -0.15) is 0 Å². The molecule has 1 atom stereocenters. The number of phenols is 1. The molecule has 0 saturated carbocycles. The lowest BCUT2D eigenvalue weighted by atomic mass is 9.83. The van der Waals surface area contributed by atoms with Crippen LogP contribution in [0.4, 0.5) is 0 Å². The highest BCUT2D eigenvalue weighted by Gasteiger charge is 2.35. The third-order valence-electron chi connectivity index (χ3n) is 4.47. The minimum atomic E-state index is -0.602. The maximum absolute atomic E-state index is 12.5. The number of carbonyl (C=O) groups excluding carboxylic acids is 2. The summed E-state index contributed by atoms with van der Waals surface area (Å²) in [5.41, 5.74) is 3.50. The fourth-order valence-corrected chi connectivity index (χ4v) is 3.20. The van der Waals surface area contributed by atoms with E-state index in [1.165, 1.54) is 29.9 Å². The van der Waals surface area contributed by atoms with Gasteiger partial charge in [-0.3, -0.25) is 9.59 Å². The van der Waals surface area contributed by atoms with Crippen molar-refractivity contribution in [1.29, 1.82) is 0 Å². The minimum absolute atomic E-state index is 0.0286. The fourth-order valence-electron chi connectivity index (χ4n) is 3.20. The molecule has 26 heavy (non-hydrogen) atoms. The number of hydrogen-bond donors (Lipinski definition) is 1. The van der Waals surface area contributed by atoms with E-state index in [9.17, 15) is 14.7 Å². The molecule has 0 aromatic heterocycles. The zero-order chi connectivity index (χ0) is 18.8. The first-order valence-corrected chi connectivity index (χ1v) is 8.68. The molecule has 3 rings (SSSR count). The van der Waals surface area contributed by atoms with E-state index in [0.29, 0.717) is 22.5 Å². The summed E-state index contributed by atoms with van der Waals surface area (Å²) >= 11 is 0. The van der Waals surface area contributed by atoms with Crippen molar-refractivity contribution in [3.8, 4) is 11.5 Å². The molecule has 0 bridgehead atoms. The van der Waals surface area contributed by atoms with Crippen molar-refractivity contribution < 1.29 is 19.4 Å². The van der Waals surface area contributed by atoms with E-state index in [1.54, 1.807) is 6.07 Å². The van der Waals surface area contributed by atoms with E-state index in [4.69, 9.17) is 4.74 Å². The average molecular weight is 350 g/mol. The fraction of sp³-hybridized carbons (Fsp3) is 0.273. The van der Waals surface area contributed by atoms with E-state index in [1.807, 2.05) is 13.0 Å². The van der Waals surface area contributed by atoms with Crippen LogP contribution in [0.1, 0.15) is 39.2 Å². The van der Waals surface area contributed by atoms with E-state index >= 15 is 0 Å². The highest BCUT2D eigenvalue weighted by atomic mass is 16.5. The van der Waals surface area contributed by atoms with E-state index in [0.717, 1.165) is 18.4 Å². The van der Waals surface area contributed by atoms with Crippen LogP contribution >= 0.6 is 0 Å². The Morgan fingerprint density at radius 2 is 1.88 bits per heavy atom. The Balaban J connectivity index is 2.01. The molecular weight excluding hydrogens is 328 g/mol. The smallest absolute Gasteiger partial charge is 0.187 e. The van der Waals surface area contributed by atoms with Gasteiger partial charge in [0.2, 0.25) is 0 Å². The van der Waals surface area contributed by atoms with Gasteiger partial charge in [0.1, 0.15) is 17.6 Å². The zero-order valence-electron chi connectivity index (χ0n) is 15.2. The van der Waals surface area contributed by atoms with Crippen molar-refractivity contribution >= 4 is 17.1 Å². The Morgan fingerprint density at radius 1 is 1.15 bits per heavy atom. The molecule has 4 heteroatoms. The highest BCUT2D eigenvalue weighted by Crippen LogP contribution is 2.41. The maximum atomic E-state index is 12.5. The molecule has 0 spiro atoms. The summed E-state index contributed by atoms with van der Waals surface area (Å²) in [4.78, 5) is 24.9. The van der Waals surface area contributed by atoms with Gasteiger partial charge in [-0.05, 0) is 70.0 Å². The Kier molecular flexibility index (Phi) is 4.94. The van der Waals surface area contributed by atoms with Crippen LogP contribution < -0.4 is 4.74 Å². The van der Waals surface area contributed by atoms with Crippen molar-refractivity contribution in [3.63, 3.8) is 0 Å². The maximum Gasteiger partial charge on any atom is 0.187 e. The largest absolute Gasteiger partial charge is 0.508 e. The van der Waals surface area contributed by atoms with Gasteiger partial charge in [0, 0.05) is 11.1 Å². The molecule has 134 valence electrons. The van der Waals surface area contributed by atoms with Crippen LogP contribution in [0, 0.1) is 0 Å². The quantitative estimate of drug-likeness (QED) is 0.649. The summed E-state index contributed by atoms with van der Waals surface area (Å²) in [6.45, 7) is 6.12. The monoisotopic (exact) mass is 350 g/mol. The molecule has 2 aliphatic rings. The predicted octanol–water partition coefficient (Wildman–Crippen LogP) is 4.31. The number of ketones is 2. The molecule has 1 aromatic rings. The number of carbonyl (C=O) groups is 2. The first-order chi connectivity index (χ1) is 12.4. The van der Waals surface area contributed by atoms with Crippen LogP contribution in [0.3, 0.4) is 0 Å². The average Bonchev–Trinajstić information content (AvgIpc) is 2.57. The highest BCUT2D eigenvalue weighted by molar-refractivity contribution is 6.37. The SMILES string of the molecule is CC(C)=CCC/C(C)=C/C1Oc2ccc(O)cc2C2=C1C(=O)C=CC2=O. The van der Waals surface area contributed by atoms with Crippen LogP contribution in [-0.4, -0.2) is 22.8 Å². The molecule has 1 aliphatic carbocycles. The molecular formula is C22H22O4. The second kappa shape index (κ2) is 7.16. The Hall–Kier alpha value is -2.88. The molecule has 1 unspecified atom stereocenters. The summed E-state index contributed by atoms with van der Waals surface area (Å²) in [5, 5.41) is 9.77. The van der Waals surface area contributed by atoms with Gasteiger partial charge < -0.3 is 9.84 Å². The van der Waals surface area contributed by atoms with Crippen LogP contribution in [0.15, 0.2) is 59.2 Å². The molecule has 0 amide bonds. The van der Waals surface area contributed by atoms with Crippen LogP contribution in [0.25, 0.3) is 5.57 Å². The molecule has 1 aromatic carbocycles. The van der Waals surface area contributed by atoms with E-state index < -0.39 is 6.10 Å². The number of phenolic OH excluding ortho intramolecular Hbond substituents is 1. The normalized spacial score (nSPS) is 19.0. The first kappa shape index (κ1) is 17.9. The van der Waals surface area contributed by atoms with Crippen molar-refractivity contribution in [1.82, 2.24) is 0 Å². The molecule has 4 nitrogen and oxygen atoms in total. The number of allylic oxidation sites excluding steroid dienone is 6. The third-order valence-corrected chi connectivity index (χ3v) is 4.47. The summed E-state index contributed by atoms with van der Waals surface area (Å²) in [7, 11) is 0. The minimum Gasteiger partial charge on any atom is -0.508 e. The van der Waals surface area contributed by atoms with Crippen LogP contribution in [0.2, 0.25) is 0 Å². The Bertz CT molecular complexity index is 893. The second-order valence-corrected chi connectivity index (χ2v) is 6.90. The number of fused-ring (bicyclic) bond motifs is 2. The Morgan fingerprint density at radius 3 is 2.62 bits per heavy atom. The molecule has 0 fully saturated rings. The topological polar surface area (TPSA) is 63.6 Å². The van der Waals surface area contributed by atoms with E-state index in [-0.39, 0.29) is 17.3 Å². The molecule has 1 heterocycles. The third kappa shape index (κ3) is 3.54. The number of ether oxygens (including phenoxy) is 1. The second-order valence-electron chi connectivity index (χ2n) is 6.90. The predicted molar refractivity (Wildman–Crippen MR) is 101 cm³/mol. The van der Waals surface area contributed by atoms with Crippen molar-refractivity contribution in [3.05, 3.63) is 64.8 Å².